The maximum absolute atomic E-state index is 12.7. The molecule has 3 rings (SSSR count). The summed E-state index contributed by atoms with van der Waals surface area (Å²) in [6.07, 6.45) is -6.09. The lowest BCUT2D eigenvalue weighted by Crippen LogP contribution is -2.38. The van der Waals surface area contributed by atoms with Gasteiger partial charge in [0.15, 0.2) is 0 Å². The van der Waals surface area contributed by atoms with E-state index in [0.717, 1.165) is 17.7 Å². The van der Waals surface area contributed by atoms with Crippen molar-refractivity contribution in [2.24, 2.45) is 0 Å². The van der Waals surface area contributed by atoms with Crippen LogP contribution in [0.4, 0.5) is 18.0 Å². The maximum Gasteiger partial charge on any atom is 0.416 e. The summed E-state index contributed by atoms with van der Waals surface area (Å²) >= 11 is 1.37. The number of rotatable bonds is 4. The monoisotopic (exact) mass is 397 g/mol. The Morgan fingerprint density at radius 3 is 2.48 bits per heavy atom. The second kappa shape index (κ2) is 8.22. The zero-order chi connectivity index (χ0) is 19.4. The van der Waals surface area contributed by atoms with Crippen LogP contribution in [0.5, 0.6) is 0 Å². The van der Waals surface area contributed by atoms with Crippen LogP contribution in [-0.4, -0.2) is 33.8 Å². The van der Waals surface area contributed by atoms with E-state index < -0.39 is 29.3 Å². The van der Waals surface area contributed by atoms with Crippen molar-refractivity contribution in [3.63, 3.8) is 0 Å². The summed E-state index contributed by atoms with van der Waals surface area (Å²) in [7, 11) is 0. The number of alkyl halides is 3. The molecule has 2 aromatic rings. The number of nitrogens with zero attached hydrogens (tertiary/aromatic N) is 1. The first kappa shape index (κ1) is 19.6. The molecule has 1 amide bonds. The summed E-state index contributed by atoms with van der Waals surface area (Å²) in [6, 6.07) is 13.5. The van der Waals surface area contributed by atoms with Gasteiger partial charge in [-0.15, -0.1) is 11.8 Å². The molecule has 0 saturated carbocycles. The molecule has 0 spiro atoms. The molecule has 0 aliphatic carbocycles. The first-order valence-electron chi connectivity index (χ1n) is 8.30. The molecule has 8 heteroatoms. The summed E-state index contributed by atoms with van der Waals surface area (Å²) < 4.78 is 43.3. The number of aliphatic hydroxyl groups excluding tert-OH is 1. The molecule has 0 aromatic heterocycles. The Labute approximate surface area is 158 Å². The Morgan fingerprint density at radius 2 is 1.85 bits per heavy atom. The number of carbonyl (C=O) groups is 1. The van der Waals surface area contributed by atoms with Crippen LogP contribution in [0, 0.1) is 0 Å². The molecule has 1 heterocycles. The van der Waals surface area contributed by atoms with Gasteiger partial charge in [0.2, 0.25) is 0 Å². The molecule has 0 bridgehead atoms. The van der Waals surface area contributed by atoms with Crippen LogP contribution in [0.25, 0.3) is 0 Å². The van der Waals surface area contributed by atoms with Crippen LogP contribution in [0.1, 0.15) is 22.8 Å². The average Bonchev–Trinajstić information content (AvgIpc) is 3.15. The van der Waals surface area contributed by atoms with Gasteiger partial charge >= 0.3 is 12.3 Å². The lowest BCUT2D eigenvalue weighted by molar-refractivity contribution is -0.137. The minimum atomic E-state index is -4.43. The van der Waals surface area contributed by atoms with E-state index >= 15 is 0 Å². The lowest BCUT2D eigenvalue weighted by atomic mass is 10.1. The first-order chi connectivity index (χ1) is 12.9. The van der Waals surface area contributed by atoms with Crippen LogP contribution in [0.2, 0.25) is 0 Å². The summed E-state index contributed by atoms with van der Waals surface area (Å²) in [5.41, 5.74) is 0.387. The predicted molar refractivity (Wildman–Crippen MR) is 96.0 cm³/mol. The summed E-state index contributed by atoms with van der Waals surface area (Å²) in [5, 5.41) is 9.96. The van der Waals surface area contributed by atoms with E-state index in [-0.39, 0.29) is 6.61 Å². The SMILES string of the molecule is O=C(OCc1ccccc1)N1CCSC1C(O)c1ccc(C(F)(F)F)cc1. The van der Waals surface area contributed by atoms with Crippen molar-refractivity contribution >= 4 is 17.9 Å². The van der Waals surface area contributed by atoms with Crippen LogP contribution < -0.4 is 0 Å². The van der Waals surface area contributed by atoms with Gasteiger partial charge in [-0.25, -0.2) is 4.79 Å². The summed E-state index contributed by atoms with van der Waals surface area (Å²) in [5.74, 6) is 0.614. The normalized spacial score (nSPS) is 18.4. The highest BCUT2D eigenvalue weighted by Gasteiger charge is 2.37. The fourth-order valence-corrected chi connectivity index (χ4v) is 4.04. The molecule has 1 saturated heterocycles. The van der Waals surface area contributed by atoms with Crippen LogP contribution in [0.15, 0.2) is 54.6 Å². The number of thioether (sulfide) groups is 1. The number of aliphatic hydroxyl groups is 1. The van der Waals surface area contributed by atoms with E-state index in [4.69, 9.17) is 4.74 Å². The Balaban J connectivity index is 1.65. The molecule has 2 atom stereocenters. The van der Waals surface area contributed by atoms with Gasteiger partial charge in [0.1, 0.15) is 18.1 Å². The van der Waals surface area contributed by atoms with Gasteiger partial charge in [-0.2, -0.15) is 13.2 Å². The van der Waals surface area contributed by atoms with Crippen LogP contribution in [0.3, 0.4) is 0 Å². The number of benzene rings is 2. The fourth-order valence-electron chi connectivity index (χ4n) is 2.78. The molecule has 1 aliphatic rings. The molecule has 1 aliphatic heterocycles. The standard InChI is InChI=1S/C19H18F3NO3S/c20-19(21,22)15-8-6-14(7-9-15)16(24)17-23(10-11-27-17)18(25)26-12-13-4-2-1-3-5-13/h1-9,16-17,24H,10-12H2. The second-order valence-corrected chi connectivity index (χ2v) is 7.28. The van der Waals surface area contributed by atoms with Crippen LogP contribution in [-0.2, 0) is 17.5 Å². The minimum absolute atomic E-state index is 0.115. The van der Waals surface area contributed by atoms with E-state index in [9.17, 15) is 23.1 Å². The van der Waals surface area contributed by atoms with Gasteiger partial charge in [0, 0.05) is 12.3 Å². The number of halogens is 3. The maximum atomic E-state index is 12.7. The van der Waals surface area contributed by atoms with Gasteiger partial charge in [0.25, 0.3) is 0 Å². The topological polar surface area (TPSA) is 49.8 Å². The smallest absolute Gasteiger partial charge is 0.416 e. The van der Waals surface area contributed by atoms with Crippen molar-refractivity contribution in [2.45, 2.75) is 24.3 Å². The Kier molecular flexibility index (Phi) is 5.96. The summed E-state index contributed by atoms with van der Waals surface area (Å²) in [4.78, 5) is 13.8. The molecule has 0 radical (unpaired) electrons. The number of hydrogen-bond acceptors (Lipinski definition) is 4. The second-order valence-electron chi connectivity index (χ2n) is 6.06. The van der Waals surface area contributed by atoms with E-state index in [1.807, 2.05) is 30.3 Å². The largest absolute Gasteiger partial charge is 0.445 e. The molecule has 144 valence electrons. The average molecular weight is 397 g/mol. The van der Waals surface area contributed by atoms with Crippen LogP contribution >= 0.6 is 11.8 Å². The quantitative estimate of drug-likeness (QED) is 0.828. The van der Waals surface area contributed by atoms with Crippen molar-refractivity contribution in [1.29, 1.82) is 0 Å². The molecule has 1 fully saturated rings. The van der Waals surface area contributed by atoms with Crippen molar-refractivity contribution in [3.05, 3.63) is 71.3 Å². The van der Waals surface area contributed by atoms with E-state index in [1.54, 1.807) is 0 Å². The molecule has 2 unspecified atom stereocenters. The van der Waals surface area contributed by atoms with Crippen molar-refractivity contribution in [2.75, 3.05) is 12.3 Å². The third-order valence-electron chi connectivity index (χ3n) is 4.22. The highest BCUT2D eigenvalue weighted by atomic mass is 32.2. The Morgan fingerprint density at radius 1 is 1.19 bits per heavy atom. The fraction of sp³-hybridized carbons (Fsp3) is 0.316. The number of ether oxygens (including phenoxy) is 1. The third-order valence-corrected chi connectivity index (χ3v) is 5.49. The molecule has 27 heavy (non-hydrogen) atoms. The number of amides is 1. The van der Waals surface area contributed by atoms with E-state index in [0.29, 0.717) is 17.9 Å². The molecule has 2 aromatic carbocycles. The van der Waals surface area contributed by atoms with Gasteiger partial charge in [0.05, 0.1) is 5.56 Å². The molecular weight excluding hydrogens is 379 g/mol. The molecule has 4 nitrogen and oxygen atoms in total. The lowest BCUT2D eigenvalue weighted by Gasteiger charge is -2.27. The van der Waals surface area contributed by atoms with Crippen molar-refractivity contribution < 1.29 is 27.8 Å². The third kappa shape index (κ3) is 4.75. The van der Waals surface area contributed by atoms with Gasteiger partial charge in [-0.3, -0.25) is 4.90 Å². The minimum Gasteiger partial charge on any atom is -0.445 e. The van der Waals surface area contributed by atoms with Gasteiger partial charge < -0.3 is 9.84 Å². The Hall–Kier alpha value is -2.19. The van der Waals surface area contributed by atoms with Gasteiger partial charge in [-0.05, 0) is 23.3 Å². The predicted octanol–water partition coefficient (Wildman–Crippen LogP) is 4.45. The highest BCUT2D eigenvalue weighted by molar-refractivity contribution is 8.00. The molecular formula is C19H18F3NO3S. The Bertz CT molecular complexity index is 768. The van der Waals surface area contributed by atoms with Gasteiger partial charge in [-0.1, -0.05) is 42.5 Å². The van der Waals surface area contributed by atoms with E-state index in [2.05, 4.69) is 0 Å². The van der Waals surface area contributed by atoms with E-state index in [1.165, 1.54) is 28.8 Å². The number of carbonyl (C=O) groups excluding carboxylic acids is 1. The zero-order valence-electron chi connectivity index (χ0n) is 14.2. The zero-order valence-corrected chi connectivity index (χ0v) is 15.0. The summed E-state index contributed by atoms with van der Waals surface area (Å²) in [6.45, 7) is 0.518. The number of hydrogen-bond donors (Lipinski definition) is 1. The highest BCUT2D eigenvalue weighted by Crippen LogP contribution is 2.36. The van der Waals surface area contributed by atoms with Crippen molar-refractivity contribution in [3.8, 4) is 0 Å². The first-order valence-corrected chi connectivity index (χ1v) is 9.35. The van der Waals surface area contributed by atoms with Crippen molar-refractivity contribution in [1.82, 2.24) is 4.90 Å². The molecule has 1 N–H and O–H groups in total.